The summed E-state index contributed by atoms with van der Waals surface area (Å²) in [6.07, 6.45) is 1.96. The molecule has 0 unspecified atom stereocenters. The highest BCUT2D eigenvalue weighted by Crippen LogP contribution is 2.21. The Balaban J connectivity index is 2.36. The highest BCUT2D eigenvalue weighted by Gasteiger charge is 2.10. The van der Waals surface area contributed by atoms with E-state index in [-0.39, 0.29) is 0 Å². The lowest BCUT2D eigenvalue weighted by molar-refractivity contribution is 0.824. The quantitative estimate of drug-likeness (QED) is 0.827. The molecule has 0 aliphatic heterocycles. The van der Waals surface area contributed by atoms with Crippen molar-refractivity contribution in [2.24, 2.45) is 0 Å². The summed E-state index contributed by atoms with van der Waals surface area (Å²) < 4.78 is 0. The molecule has 24 heavy (non-hydrogen) atoms. The second-order valence-electron chi connectivity index (χ2n) is 5.73. The second kappa shape index (κ2) is 8.30. The van der Waals surface area contributed by atoms with Crippen LogP contribution in [-0.2, 0) is 6.42 Å². The van der Waals surface area contributed by atoms with Crippen molar-refractivity contribution in [3.05, 3.63) is 41.1 Å². The first-order valence-electron chi connectivity index (χ1n) is 8.51. The Morgan fingerprint density at radius 2 is 1.88 bits per heavy atom. The Kier molecular flexibility index (Phi) is 6.14. The van der Waals surface area contributed by atoms with Gasteiger partial charge in [-0.15, -0.1) is 0 Å². The molecule has 0 aliphatic rings. The van der Waals surface area contributed by atoms with Crippen LogP contribution in [0.4, 0.5) is 17.5 Å². The summed E-state index contributed by atoms with van der Waals surface area (Å²) in [4.78, 5) is 11.5. The van der Waals surface area contributed by atoms with Gasteiger partial charge < -0.3 is 10.2 Å². The van der Waals surface area contributed by atoms with E-state index in [1.54, 1.807) is 0 Å². The molecule has 5 nitrogen and oxygen atoms in total. The summed E-state index contributed by atoms with van der Waals surface area (Å²) >= 11 is 0. The standard InChI is InChI=1S/C19H25N5/c1-5-8-16-12-18(24(6-2)7-3)23-19(21-16)22-17-10-9-14(4)15(11-17)13-20/h9-12H,5-8H2,1-4H3,(H,21,22,23). The molecule has 1 N–H and O–H groups in total. The molecule has 2 aromatic rings. The number of aryl methyl sites for hydroxylation is 2. The van der Waals surface area contributed by atoms with Crippen molar-refractivity contribution in [3.8, 4) is 6.07 Å². The average molecular weight is 323 g/mol. The van der Waals surface area contributed by atoms with Gasteiger partial charge in [0.25, 0.3) is 0 Å². The second-order valence-corrected chi connectivity index (χ2v) is 5.73. The maximum atomic E-state index is 9.19. The molecular formula is C19H25N5. The van der Waals surface area contributed by atoms with Crippen LogP contribution in [0.15, 0.2) is 24.3 Å². The van der Waals surface area contributed by atoms with Crippen molar-refractivity contribution >= 4 is 17.5 Å². The van der Waals surface area contributed by atoms with E-state index in [1.165, 1.54) is 0 Å². The molecule has 1 aromatic heterocycles. The molecule has 0 spiro atoms. The van der Waals surface area contributed by atoms with Gasteiger partial charge >= 0.3 is 0 Å². The van der Waals surface area contributed by atoms with Gasteiger partial charge in [-0.05, 0) is 44.9 Å². The van der Waals surface area contributed by atoms with Crippen molar-refractivity contribution in [1.29, 1.82) is 5.26 Å². The van der Waals surface area contributed by atoms with E-state index < -0.39 is 0 Å². The molecule has 0 fully saturated rings. The predicted molar refractivity (Wildman–Crippen MR) is 98.8 cm³/mol. The van der Waals surface area contributed by atoms with Crippen LogP contribution in [0.2, 0.25) is 0 Å². The number of anilines is 3. The van der Waals surface area contributed by atoms with Gasteiger partial charge in [0, 0.05) is 30.5 Å². The minimum absolute atomic E-state index is 0.579. The fraction of sp³-hybridized carbons (Fsp3) is 0.421. The third-order valence-corrected chi connectivity index (χ3v) is 3.97. The highest BCUT2D eigenvalue weighted by atomic mass is 15.2. The smallest absolute Gasteiger partial charge is 0.229 e. The maximum Gasteiger partial charge on any atom is 0.229 e. The third-order valence-electron chi connectivity index (χ3n) is 3.97. The molecule has 0 atom stereocenters. The van der Waals surface area contributed by atoms with E-state index in [0.717, 1.165) is 48.7 Å². The number of hydrogen-bond acceptors (Lipinski definition) is 5. The number of nitrogens with zero attached hydrogens (tertiary/aromatic N) is 4. The van der Waals surface area contributed by atoms with Crippen LogP contribution in [0.25, 0.3) is 0 Å². The molecule has 0 amide bonds. The van der Waals surface area contributed by atoms with Gasteiger partial charge in [-0.25, -0.2) is 4.98 Å². The molecule has 0 saturated heterocycles. The van der Waals surface area contributed by atoms with E-state index in [4.69, 9.17) is 0 Å². The number of hydrogen-bond donors (Lipinski definition) is 1. The van der Waals surface area contributed by atoms with Gasteiger partial charge in [-0.3, -0.25) is 0 Å². The topological polar surface area (TPSA) is 64.8 Å². The maximum absolute atomic E-state index is 9.19. The predicted octanol–water partition coefficient (Wildman–Crippen LogP) is 4.20. The summed E-state index contributed by atoms with van der Waals surface area (Å²) in [6, 6.07) is 9.99. The molecule has 1 heterocycles. The summed E-state index contributed by atoms with van der Waals surface area (Å²) in [5.74, 6) is 1.52. The first kappa shape index (κ1) is 17.7. The molecule has 0 bridgehead atoms. The van der Waals surface area contributed by atoms with Crippen molar-refractivity contribution < 1.29 is 0 Å². The SMILES string of the molecule is CCCc1cc(N(CC)CC)nc(Nc2ccc(C)c(C#N)c2)n1. The Morgan fingerprint density at radius 3 is 2.50 bits per heavy atom. The van der Waals surface area contributed by atoms with Crippen LogP contribution in [0.1, 0.15) is 44.0 Å². The van der Waals surface area contributed by atoms with E-state index in [1.807, 2.05) is 25.1 Å². The number of nitrogens with one attached hydrogen (secondary N) is 1. The first-order valence-corrected chi connectivity index (χ1v) is 8.51. The lowest BCUT2D eigenvalue weighted by Crippen LogP contribution is -2.23. The van der Waals surface area contributed by atoms with E-state index >= 15 is 0 Å². The molecule has 5 heteroatoms. The van der Waals surface area contributed by atoms with Crippen LogP contribution in [-0.4, -0.2) is 23.1 Å². The lowest BCUT2D eigenvalue weighted by atomic mass is 10.1. The van der Waals surface area contributed by atoms with E-state index in [0.29, 0.717) is 11.5 Å². The first-order chi connectivity index (χ1) is 11.6. The lowest BCUT2D eigenvalue weighted by Gasteiger charge is -2.21. The zero-order chi connectivity index (χ0) is 17.5. The number of benzene rings is 1. The molecular weight excluding hydrogens is 298 g/mol. The molecule has 2 rings (SSSR count). The third kappa shape index (κ3) is 4.23. The number of aromatic nitrogens is 2. The Hall–Kier alpha value is -2.61. The monoisotopic (exact) mass is 323 g/mol. The fourth-order valence-electron chi connectivity index (χ4n) is 2.58. The van der Waals surface area contributed by atoms with Crippen molar-refractivity contribution in [2.45, 2.75) is 40.5 Å². The van der Waals surface area contributed by atoms with E-state index in [9.17, 15) is 5.26 Å². The van der Waals surface area contributed by atoms with Crippen LogP contribution in [0, 0.1) is 18.3 Å². The van der Waals surface area contributed by atoms with Crippen LogP contribution in [0.3, 0.4) is 0 Å². The molecule has 126 valence electrons. The van der Waals surface area contributed by atoms with Gasteiger partial charge in [0.15, 0.2) is 0 Å². The summed E-state index contributed by atoms with van der Waals surface area (Å²) in [7, 11) is 0. The Morgan fingerprint density at radius 1 is 1.12 bits per heavy atom. The molecule has 0 saturated carbocycles. The zero-order valence-electron chi connectivity index (χ0n) is 14.9. The normalized spacial score (nSPS) is 10.3. The fourth-order valence-corrected chi connectivity index (χ4v) is 2.58. The number of nitriles is 1. The van der Waals surface area contributed by atoms with Gasteiger partial charge in [0.2, 0.25) is 5.95 Å². The van der Waals surface area contributed by atoms with Crippen LogP contribution >= 0.6 is 0 Å². The molecule has 1 aromatic carbocycles. The van der Waals surface area contributed by atoms with Gasteiger partial charge in [0.05, 0.1) is 11.6 Å². The Bertz CT molecular complexity index is 729. The van der Waals surface area contributed by atoms with Gasteiger partial charge in [0.1, 0.15) is 5.82 Å². The zero-order valence-corrected chi connectivity index (χ0v) is 14.9. The van der Waals surface area contributed by atoms with Crippen LogP contribution in [0.5, 0.6) is 0 Å². The summed E-state index contributed by atoms with van der Waals surface area (Å²) in [5, 5.41) is 12.4. The highest BCUT2D eigenvalue weighted by molar-refractivity contribution is 5.59. The molecule has 0 radical (unpaired) electrons. The van der Waals surface area contributed by atoms with Gasteiger partial charge in [-0.2, -0.15) is 10.2 Å². The minimum Gasteiger partial charge on any atom is -0.357 e. The summed E-state index contributed by atoms with van der Waals surface area (Å²) in [5.41, 5.74) is 3.49. The minimum atomic E-state index is 0.579. The summed E-state index contributed by atoms with van der Waals surface area (Å²) in [6.45, 7) is 10.1. The largest absolute Gasteiger partial charge is 0.357 e. The van der Waals surface area contributed by atoms with Crippen LogP contribution < -0.4 is 10.2 Å². The average Bonchev–Trinajstić information content (AvgIpc) is 2.58. The number of rotatable bonds is 7. The molecule has 0 aliphatic carbocycles. The Labute approximate surface area is 144 Å². The van der Waals surface area contributed by atoms with Gasteiger partial charge in [-0.1, -0.05) is 19.4 Å². The van der Waals surface area contributed by atoms with Crippen molar-refractivity contribution in [2.75, 3.05) is 23.3 Å². The van der Waals surface area contributed by atoms with E-state index in [2.05, 4.69) is 53.1 Å². The van der Waals surface area contributed by atoms with Crippen molar-refractivity contribution in [3.63, 3.8) is 0 Å². The van der Waals surface area contributed by atoms with Crippen molar-refractivity contribution in [1.82, 2.24) is 9.97 Å².